The summed E-state index contributed by atoms with van der Waals surface area (Å²) in [6.45, 7) is 6.16. The van der Waals surface area contributed by atoms with E-state index in [2.05, 4.69) is 29.0 Å². The minimum absolute atomic E-state index is 0.0736. The fourth-order valence-electron chi connectivity index (χ4n) is 2.25. The van der Waals surface area contributed by atoms with Gasteiger partial charge in [0.1, 0.15) is 0 Å². The van der Waals surface area contributed by atoms with Gasteiger partial charge in [0.25, 0.3) is 0 Å². The fraction of sp³-hybridized carbons (Fsp3) is 0.583. The van der Waals surface area contributed by atoms with Crippen LogP contribution in [0.5, 0.6) is 0 Å². The van der Waals surface area contributed by atoms with Crippen molar-refractivity contribution >= 4 is 23.1 Å². The van der Waals surface area contributed by atoms with Crippen molar-refractivity contribution in [2.24, 2.45) is 0 Å². The quantitative estimate of drug-likeness (QED) is 0.679. The summed E-state index contributed by atoms with van der Waals surface area (Å²) in [6.07, 6.45) is 2.38. The molecule has 1 saturated heterocycles. The van der Waals surface area contributed by atoms with Gasteiger partial charge in [0.05, 0.1) is 9.95 Å². The third-order valence-electron chi connectivity index (χ3n) is 3.32. The van der Waals surface area contributed by atoms with Gasteiger partial charge in [-0.25, -0.2) is 4.98 Å². The molecule has 1 N–H and O–H groups in total. The molecule has 19 heavy (non-hydrogen) atoms. The molecule has 0 amide bonds. The normalized spacial score (nSPS) is 19.9. The summed E-state index contributed by atoms with van der Waals surface area (Å²) < 4.78 is 0. The van der Waals surface area contributed by atoms with Crippen molar-refractivity contribution in [2.75, 3.05) is 18.4 Å². The number of aromatic nitrogens is 1. The van der Waals surface area contributed by atoms with Crippen LogP contribution in [0.3, 0.4) is 0 Å². The predicted octanol–water partition coefficient (Wildman–Crippen LogP) is 2.54. The van der Waals surface area contributed by atoms with Gasteiger partial charge >= 0.3 is 5.69 Å². The molecule has 6 nitrogen and oxygen atoms in total. The highest BCUT2D eigenvalue weighted by molar-refractivity contribution is 6.30. The Kier molecular flexibility index (Phi) is 4.21. The second-order valence-electron chi connectivity index (χ2n) is 5.00. The second kappa shape index (κ2) is 5.71. The number of hydrogen-bond acceptors (Lipinski definition) is 5. The van der Waals surface area contributed by atoms with Crippen molar-refractivity contribution in [1.82, 2.24) is 9.88 Å². The van der Waals surface area contributed by atoms with Crippen molar-refractivity contribution in [3.05, 3.63) is 27.4 Å². The van der Waals surface area contributed by atoms with E-state index in [1.165, 1.54) is 12.3 Å². The molecule has 2 rings (SSSR count). The Morgan fingerprint density at radius 2 is 2.37 bits per heavy atom. The van der Waals surface area contributed by atoms with Crippen LogP contribution in [-0.4, -0.2) is 40.0 Å². The first-order valence-corrected chi connectivity index (χ1v) is 6.65. The van der Waals surface area contributed by atoms with Crippen LogP contribution in [0.1, 0.15) is 20.3 Å². The molecule has 0 aliphatic carbocycles. The van der Waals surface area contributed by atoms with Crippen LogP contribution in [0.4, 0.5) is 11.5 Å². The van der Waals surface area contributed by atoms with E-state index < -0.39 is 4.92 Å². The summed E-state index contributed by atoms with van der Waals surface area (Å²) in [4.78, 5) is 16.9. The predicted molar refractivity (Wildman–Crippen MR) is 74.6 cm³/mol. The number of nitrogens with zero attached hydrogens (tertiary/aromatic N) is 3. The Morgan fingerprint density at radius 1 is 1.63 bits per heavy atom. The summed E-state index contributed by atoms with van der Waals surface area (Å²) in [6, 6.07) is 2.00. The molecule has 0 unspecified atom stereocenters. The van der Waals surface area contributed by atoms with Crippen molar-refractivity contribution in [3.63, 3.8) is 0 Å². The SMILES string of the molecule is CC(C)N1CC[C@H](Nc2ncc(Cl)cc2[N+](=O)[O-])C1. The smallest absolute Gasteiger partial charge is 0.312 e. The van der Waals surface area contributed by atoms with Gasteiger partial charge in [0.15, 0.2) is 0 Å². The van der Waals surface area contributed by atoms with E-state index >= 15 is 0 Å². The number of pyridine rings is 1. The van der Waals surface area contributed by atoms with Gasteiger partial charge in [-0.05, 0) is 20.3 Å². The average molecular weight is 285 g/mol. The van der Waals surface area contributed by atoms with Crippen LogP contribution in [0.15, 0.2) is 12.3 Å². The van der Waals surface area contributed by atoms with E-state index in [1.807, 2.05) is 0 Å². The van der Waals surface area contributed by atoms with Gasteiger partial charge in [-0.3, -0.25) is 15.0 Å². The monoisotopic (exact) mass is 284 g/mol. The molecule has 1 aliphatic rings. The topological polar surface area (TPSA) is 71.3 Å². The van der Waals surface area contributed by atoms with Gasteiger partial charge in [0, 0.05) is 37.4 Å². The molecule has 0 radical (unpaired) electrons. The van der Waals surface area contributed by atoms with Crippen LogP contribution < -0.4 is 5.32 Å². The highest BCUT2D eigenvalue weighted by Gasteiger charge is 2.26. The Morgan fingerprint density at radius 3 is 2.95 bits per heavy atom. The number of hydrogen-bond donors (Lipinski definition) is 1. The van der Waals surface area contributed by atoms with E-state index in [0.717, 1.165) is 19.5 Å². The fourth-order valence-corrected chi connectivity index (χ4v) is 2.40. The molecule has 1 fully saturated rings. The van der Waals surface area contributed by atoms with Crippen LogP contribution in [-0.2, 0) is 0 Å². The lowest BCUT2D eigenvalue weighted by atomic mass is 10.2. The summed E-state index contributed by atoms with van der Waals surface area (Å²) >= 11 is 5.74. The van der Waals surface area contributed by atoms with Crippen molar-refractivity contribution in [1.29, 1.82) is 0 Å². The van der Waals surface area contributed by atoms with Crippen molar-refractivity contribution < 1.29 is 4.92 Å². The lowest BCUT2D eigenvalue weighted by molar-refractivity contribution is -0.384. The van der Waals surface area contributed by atoms with E-state index in [-0.39, 0.29) is 16.8 Å². The maximum absolute atomic E-state index is 11.0. The number of halogens is 1. The standard InChI is InChI=1S/C12H17ClN4O2/c1-8(2)16-4-3-10(7-16)15-12-11(17(18)19)5-9(13)6-14-12/h5-6,8,10H,3-4,7H2,1-2H3,(H,14,15)/t10-/m0/s1. The number of nitro groups is 1. The Bertz CT molecular complexity index is 481. The molecular formula is C12H17ClN4O2. The zero-order valence-electron chi connectivity index (χ0n) is 11.0. The van der Waals surface area contributed by atoms with E-state index in [1.54, 1.807) is 0 Å². The first kappa shape index (κ1) is 14.0. The van der Waals surface area contributed by atoms with Gasteiger partial charge in [0.2, 0.25) is 5.82 Å². The molecule has 0 bridgehead atoms. The summed E-state index contributed by atoms with van der Waals surface area (Å²) in [7, 11) is 0. The van der Waals surface area contributed by atoms with E-state index in [9.17, 15) is 10.1 Å². The minimum atomic E-state index is -0.462. The Balaban J connectivity index is 2.10. The minimum Gasteiger partial charge on any atom is -0.360 e. The van der Waals surface area contributed by atoms with Gasteiger partial charge < -0.3 is 5.32 Å². The first-order chi connectivity index (χ1) is 8.97. The molecule has 7 heteroatoms. The first-order valence-electron chi connectivity index (χ1n) is 6.28. The molecule has 0 saturated carbocycles. The number of rotatable bonds is 4. The van der Waals surface area contributed by atoms with Gasteiger partial charge in [-0.2, -0.15) is 0 Å². The highest BCUT2D eigenvalue weighted by Crippen LogP contribution is 2.27. The van der Waals surface area contributed by atoms with Crippen LogP contribution in [0, 0.1) is 10.1 Å². The van der Waals surface area contributed by atoms with E-state index in [4.69, 9.17) is 11.6 Å². The molecule has 0 aromatic carbocycles. The molecule has 0 spiro atoms. The molecular weight excluding hydrogens is 268 g/mol. The lowest BCUT2D eigenvalue weighted by Gasteiger charge is -2.20. The lowest BCUT2D eigenvalue weighted by Crippen LogP contribution is -2.31. The Labute approximate surface area is 116 Å². The molecule has 1 aromatic heterocycles. The molecule has 104 valence electrons. The Hall–Kier alpha value is -1.40. The summed E-state index contributed by atoms with van der Waals surface area (Å²) in [5.74, 6) is 0.296. The molecule has 1 aromatic rings. The van der Waals surface area contributed by atoms with Crippen LogP contribution in [0.2, 0.25) is 5.02 Å². The van der Waals surface area contributed by atoms with Crippen molar-refractivity contribution in [2.45, 2.75) is 32.4 Å². The third kappa shape index (κ3) is 3.33. The molecule has 1 aliphatic heterocycles. The zero-order valence-corrected chi connectivity index (χ0v) is 11.7. The highest BCUT2D eigenvalue weighted by atomic mass is 35.5. The summed E-state index contributed by atoms with van der Waals surface area (Å²) in [5.41, 5.74) is -0.0736. The number of nitrogens with one attached hydrogen (secondary N) is 1. The average Bonchev–Trinajstić information content (AvgIpc) is 2.80. The zero-order chi connectivity index (χ0) is 14.0. The van der Waals surface area contributed by atoms with Crippen LogP contribution >= 0.6 is 11.6 Å². The maximum Gasteiger partial charge on any atom is 0.312 e. The largest absolute Gasteiger partial charge is 0.360 e. The number of anilines is 1. The maximum atomic E-state index is 11.0. The third-order valence-corrected chi connectivity index (χ3v) is 3.53. The number of likely N-dealkylation sites (tertiary alicyclic amines) is 1. The summed E-state index contributed by atoms with van der Waals surface area (Å²) in [5, 5.41) is 14.4. The molecule has 1 atom stereocenters. The van der Waals surface area contributed by atoms with Gasteiger partial charge in [-0.15, -0.1) is 0 Å². The van der Waals surface area contributed by atoms with Gasteiger partial charge in [-0.1, -0.05) is 11.6 Å². The molecule has 2 heterocycles. The second-order valence-corrected chi connectivity index (χ2v) is 5.43. The van der Waals surface area contributed by atoms with E-state index in [0.29, 0.717) is 11.9 Å². The van der Waals surface area contributed by atoms with Crippen molar-refractivity contribution in [3.8, 4) is 0 Å². The van der Waals surface area contributed by atoms with Crippen LogP contribution in [0.25, 0.3) is 0 Å².